The summed E-state index contributed by atoms with van der Waals surface area (Å²) in [6.07, 6.45) is 20.7. The summed E-state index contributed by atoms with van der Waals surface area (Å²) >= 11 is 0. The Bertz CT molecular complexity index is 559. The number of hydrogen-bond acceptors (Lipinski definition) is 2. The Balaban J connectivity index is 1.60. The van der Waals surface area contributed by atoms with Crippen molar-refractivity contribution in [1.82, 2.24) is 0 Å². The molecule has 26 heavy (non-hydrogen) atoms. The Morgan fingerprint density at radius 2 is 1.88 bits per heavy atom. The number of esters is 1. The van der Waals surface area contributed by atoms with Crippen LogP contribution in [-0.4, -0.2) is 13.1 Å². The van der Waals surface area contributed by atoms with Gasteiger partial charge in [-0.25, -0.2) is 0 Å². The Morgan fingerprint density at radius 1 is 1.08 bits per heavy atom. The quantitative estimate of drug-likeness (QED) is 0.266. The lowest BCUT2D eigenvalue weighted by molar-refractivity contribution is -0.140. The summed E-state index contributed by atoms with van der Waals surface area (Å²) in [6, 6.07) is 10.8. The van der Waals surface area contributed by atoms with Crippen LogP contribution in [0.25, 0.3) is 0 Å². The predicted molar refractivity (Wildman–Crippen MR) is 109 cm³/mol. The third-order valence-corrected chi connectivity index (χ3v) is 5.37. The van der Waals surface area contributed by atoms with E-state index < -0.39 is 0 Å². The van der Waals surface area contributed by atoms with Crippen molar-refractivity contribution in [3.63, 3.8) is 0 Å². The summed E-state index contributed by atoms with van der Waals surface area (Å²) in [5.41, 5.74) is 1.44. The van der Waals surface area contributed by atoms with E-state index in [0.29, 0.717) is 6.42 Å². The minimum absolute atomic E-state index is 0.105. The summed E-state index contributed by atoms with van der Waals surface area (Å²) in [5, 5.41) is 0. The van der Waals surface area contributed by atoms with Crippen molar-refractivity contribution in [2.75, 3.05) is 7.11 Å². The van der Waals surface area contributed by atoms with E-state index in [4.69, 9.17) is 0 Å². The SMILES string of the molecule is COC(=O)CCC/C=C\CC1CCCC1/C=C/CCCc1ccccc1. The van der Waals surface area contributed by atoms with Crippen molar-refractivity contribution in [1.29, 1.82) is 0 Å². The Morgan fingerprint density at radius 3 is 2.69 bits per heavy atom. The zero-order chi connectivity index (χ0) is 18.5. The Kier molecular flexibility index (Phi) is 9.86. The maximum Gasteiger partial charge on any atom is 0.305 e. The lowest BCUT2D eigenvalue weighted by Crippen LogP contribution is -2.03. The molecule has 1 saturated carbocycles. The molecular formula is C24H34O2. The lowest BCUT2D eigenvalue weighted by Gasteiger charge is -2.14. The first-order valence-electron chi connectivity index (χ1n) is 10.2. The molecule has 142 valence electrons. The van der Waals surface area contributed by atoms with Gasteiger partial charge in [-0.15, -0.1) is 0 Å². The van der Waals surface area contributed by atoms with Gasteiger partial charge >= 0.3 is 5.97 Å². The molecule has 2 nitrogen and oxygen atoms in total. The average Bonchev–Trinajstić information content (AvgIpc) is 3.12. The van der Waals surface area contributed by atoms with E-state index in [1.165, 1.54) is 57.6 Å². The second kappa shape index (κ2) is 12.5. The molecule has 0 amide bonds. The van der Waals surface area contributed by atoms with Gasteiger partial charge in [0.2, 0.25) is 0 Å². The van der Waals surface area contributed by atoms with Gasteiger partial charge in [0, 0.05) is 6.42 Å². The highest BCUT2D eigenvalue weighted by Crippen LogP contribution is 2.35. The molecule has 2 unspecified atom stereocenters. The van der Waals surface area contributed by atoms with Gasteiger partial charge < -0.3 is 4.74 Å². The smallest absolute Gasteiger partial charge is 0.305 e. The number of aryl methyl sites for hydroxylation is 1. The number of rotatable bonds is 11. The normalized spacial score (nSPS) is 20.2. The molecule has 2 rings (SSSR count). The monoisotopic (exact) mass is 354 g/mol. The van der Waals surface area contributed by atoms with Crippen LogP contribution < -0.4 is 0 Å². The Hall–Kier alpha value is -1.83. The molecule has 1 aromatic rings. The summed E-state index contributed by atoms with van der Waals surface area (Å²) < 4.78 is 4.66. The molecule has 0 N–H and O–H groups in total. The number of benzene rings is 1. The number of methoxy groups -OCH3 is 1. The first kappa shape index (κ1) is 20.5. The van der Waals surface area contributed by atoms with Crippen LogP contribution in [0.1, 0.15) is 63.4 Å². The minimum Gasteiger partial charge on any atom is -0.469 e. The van der Waals surface area contributed by atoms with Crippen LogP contribution in [0.2, 0.25) is 0 Å². The molecule has 0 heterocycles. The topological polar surface area (TPSA) is 26.3 Å². The van der Waals surface area contributed by atoms with Crippen molar-refractivity contribution >= 4 is 5.97 Å². The van der Waals surface area contributed by atoms with Gasteiger partial charge in [0.1, 0.15) is 0 Å². The van der Waals surface area contributed by atoms with E-state index >= 15 is 0 Å². The standard InChI is InChI=1S/C24H34O2/c1-26-24(25)20-11-3-2-9-16-22-18-12-19-23(22)17-10-5-8-15-21-13-6-4-7-14-21/h2,4,6-7,9-10,13-14,17,22-23H,3,5,8,11-12,15-16,18-20H2,1H3/b9-2-,17-10+. The van der Waals surface area contributed by atoms with E-state index in [0.717, 1.165) is 24.7 Å². The van der Waals surface area contributed by atoms with Gasteiger partial charge in [-0.3, -0.25) is 4.79 Å². The lowest BCUT2D eigenvalue weighted by atomic mass is 9.92. The van der Waals surface area contributed by atoms with Gasteiger partial charge in [0.15, 0.2) is 0 Å². The first-order valence-corrected chi connectivity index (χ1v) is 10.2. The molecule has 2 atom stereocenters. The fraction of sp³-hybridized carbons (Fsp3) is 0.542. The first-order chi connectivity index (χ1) is 12.8. The van der Waals surface area contributed by atoms with Gasteiger partial charge in [-0.2, -0.15) is 0 Å². The second-order valence-electron chi connectivity index (χ2n) is 7.34. The highest BCUT2D eigenvalue weighted by Gasteiger charge is 2.23. The molecule has 1 aliphatic rings. The molecule has 1 aliphatic carbocycles. The van der Waals surface area contributed by atoms with Gasteiger partial charge in [-0.05, 0) is 68.8 Å². The van der Waals surface area contributed by atoms with E-state index in [-0.39, 0.29) is 5.97 Å². The third-order valence-electron chi connectivity index (χ3n) is 5.37. The van der Waals surface area contributed by atoms with Gasteiger partial charge in [0.05, 0.1) is 7.11 Å². The molecule has 0 spiro atoms. The van der Waals surface area contributed by atoms with Crippen molar-refractivity contribution in [2.45, 2.75) is 64.2 Å². The molecule has 0 saturated heterocycles. The van der Waals surface area contributed by atoms with Crippen LogP contribution in [0.3, 0.4) is 0 Å². The molecule has 0 radical (unpaired) electrons. The third kappa shape index (κ3) is 8.03. The molecule has 2 heteroatoms. The van der Waals surface area contributed by atoms with E-state index in [9.17, 15) is 4.79 Å². The molecule has 1 fully saturated rings. The number of ether oxygens (including phenoxy) is 1. The number of carbonyl (C=O) groups is 1. The number of unbranched alkanes of at least 4 members (excludes halogenated alkanes) is 2. The van der Waals surface area contributed by atoms with Crippen molar-refractivity contribution in [2.24, 2.45) is 11.8 Å². The highest BCUT2D eigenvalue weighted by atomic mass is 16.5. The van der Waals surface area contributed by atoms with Crippen LogP contribution in [-0.2, 0) is 16.0 Å². The fourth-order valence-corrected chi connectivity index (χ4v) is 3.81. The van der Waals surface area contributed by atoms with Crippen LogP contribution >= 0.6 is 0 Å². The van der Waals surface area contributed by atoms with Crippen LogP contribution in [0.5, 0.6) is 0 Å². The van der Waals surface area contributed by atoms with E-state index in [1.54, 1.807) is 0 Å². The van der Waals surface area contributed by atoms with Crippen molar-refractivity contribution in [3.8, 4) is 0 Å². The average molecular weight is 355 g/mol. The molecular weight excluding hydrogens is 320 g/mol. The molecule has 0 aliphatic heterocycles. The maximum absolute atomic E-state index is 11.1. The molecule has 1 aromatic carbocycles. The van der Waals surface area contributed by atoms with Crippen molar-refractivity contribution in [3.05, 3.63) is 60.2 Å². The van der Waals surface area contributed by atoms with Crippen LogP contribution in [0, 0.1) is 11.8 Å². The van der Waals surface area contributed by atoms with Crippen LogP contribution in [0.15, 0.2) is 54.6 Å². The zero-order valence-electron chi connectivity index (χ0n) is 16.2. The van der Waals surface area contributed by atoms with Gasteiger partial charge in [0.25, 0.3) is 0 Å². The number of carbonyl (C=O) groups excluding carboxylic acids is 1. The Labute approximate surface area is 159 Å². The fourth-order valence-electron chi connectivity index (χ4n) is 3.81. The molecule has 0 bridgehead atoms. The van der Waals surface area contributed by atoms with E-state index in [1.807, 2.05) is 0 Å². The van der Waals surface area contributed by atoms with Crippen molar-refractivity contribution < 1.29 is 9.53 Å². The number of allylic oxidation sites excluding steroid dienone is 4. The van der Waals surface area contributed by atoms with Gasteiger partial charge in [-0.1, -0.05) is 61.1 Å². The summed E-state index contributed by atoms with van der Waals surface area (Å²) in [4.78, 5) is 11.1. The van der Waals surface area contributed by atoms with E-state index in [2.05, 4.69) is 59.4 Å². The van der Waals surface area contributed by atoms with Crippen LogP contribution in [0.4, 0.5) is 0 Å². The predicted octanol–water partition coefficient (Wildman–Crippen LogP) is 6.27. The minimum atomic E-state index is -0.105. The second-order valence-corrected chi connectivity index (χ2v) is 7.34. The largest absolute Gasteiger partial charge is 0.469 e. The summed E-state index contributed by atoms with van der Waals surface area (Å²) in [7, 11) is 1.45. The number of hydrogen-bond donors (Lipinski definition) is 0. The summed E-state index contributed by atoms with van der Waals surface area (Å²) in [5.74, 6) is 1.45. The molecule has 0 aromatic heterocycles. The summed E-state index contributed by atoms with van der Waals surface area (Å²) in [6.45, 7) is 0. The zero-order valence-corrected chi connectivity index (χ0v) is 16.2. The highest BCUT2D eigenvalue weighted by molar-refractivity contribution is 5.69. The maximum atomic E-state index is 11.1.